The topological polar surface area (TPSA) is 93.4 Å². The maximum Gasteiger partial charge on any atom is 0.262 e. The van der Waals surface area contributed by atoms with Gasteiger partial charge in [-0.2, -0.15) is 0 Å². The van der Waals surface area contributed by atoms with Crippen molar-refractivity contribution in [2.45, 2.75) is 19.8 Å². The van der Waals surface area contributed by atoms with Crippen molar-refractivity contribution in [3.63, 3.8) is 0 Å². The monoisotopic (exact) mass is 355 g/mol. The summed E-state index contributed by atoms with van der Waals surface area (Å²) in [5.74, 6) is 0.446. The highest BCUT2D eigenvalue weighted by Crippen LogP contribution is 2.19. The first kappa shape index (κ1) is 19.5. The molecule has 0 fully saturated rings. The Balaban J connectivity index is 1.94. The third kappa shape index (κ3) is 5.60. The van der Waals surface area contributed by atoms with Crippen LogP contribution >= 0.6 is 0 Å². The molecule has 4 N–H and O–H groups in total. The van der Waals surface area contributed by atoms with Gasteiger partial charge in [-0.25, -0.2) is 0 Å². The standard InChI is InChI=1S/C20H25N3O3/c1-14(2)15-7-9-16(10-8-15)26-13-19(24)23-18-6-4-3-5-17(18)20(25)22-12-11-21/h3-10,14H,11-13,21H2,1-2H3,(H,22,25)(H,23,24). The molecule has 6 nitrogen and oxygen atoms in total. The fraction of sp³-hybridized carbons (Fsp3) is 0.300. The van der Waals surface area contributed by atoms with E-state index in [1.54, 1.807) is 24.3 Å². The number of ether oxygens (including phenoxy) is 1. The van der Waals surface area contributed by atoms with E-state index < -0.39 is 0 Å². The number of anilines is 1. The summed E-state index contributed by atoms with van der Waals surface area (Å²) < 4.78 is 5.51. The fourth-order valence-electron chi connectivity index (χ4n) is 2.36. The van der Waals surface area contributed by atoms with Gasteiger partial charge in [-0.1, -0.05) is 38.1 Å². The molecule has 0 aliphatic carbocycles. The molecule has 0 saturated heterocycles. The minimum absolute atomic E-state index is 0.139. The largest absolute Gasteiger partial charge is 0.484 e. The molecule has 2 aromatic rings. The summed E-state index contributed by atoms with van der Waals surface area (Å²) in [4.78, 5) is 24.3. The molecule has 0 aromatic heterocycles. The van der Waals surface area contributed by atoms with Gasteiger partial charge in [0.2, 0.25) is 0 Å². The van der Waals surface area contributed by atoms with E-state index in [4.69, 9.17) is 10.5 Å². The Hall–Kier alpha value is -2.86. The number of nitrogens with one attached hydrogen (secondary N) is 2. The van der Waals surface area contributed by atoms with Gasteiger partial charge in [0, 0.05) is 13.1 Å². The molecule has 2 rings (SSSR count). The molecule has 0 unspecified atom stereocenters. The van der Waals surface area contributed by atoms with E-state index in [2.05, 4.69) is 24.5 Å². The van der Waals surface area contributed by atoms with Crippen LogP contribution in [0.15, 0.2) is 48.5 Å². The summed E-state index contributed by atoms with van der Waals surface area (Å²) in [6, 6.07) is 14.5. The van der Waals surface area contributed by atoms with E-state index in [1.807, 2.05) is 24.3 Å². The number of rotatable bonds is 8. The van der Waals surface area contributed by atoms with Crippen molar-refractivity contribution in [1.82, 2.24) is 5.32 Å². The van der Waals surface area contributed by atoms with Crippen molar-refractivity contribution in [2.24, 2.45) is 5.73 Å². The molecule has 0 atom stereocenters. The van der Waals surface area contributed by atoms with Gasteiger partial charge in [0.25, 0.3) is 11.8 Å². The highest BCUT2D eigenvalue weighted by Gasteiger charge is 2.13. The van der Waals surface area contributed by atoms with E-state index in [0.29, 0.717) is 36.0 Å². The number of hydrogen-bond acceptors (Lipinski definition) is 4. The Morgan fingerprint density at radius 1 is 1.08 bits per heavy atom. The normalized spacial score (nSPS) is 10.5. The van der Waals surface area contributed by atoms with Crippen LogP contribution in [0.5, 0.6) is 5.75 Å². The highest BCUT2D eigenvalue weighted by molar-refractivity contribution is 6.04. The molecule has 0 heterocycles. The summed E-state index contributed by atoms with van der Waals surface area (Å²) in [5, 5.41) is 5.40. The zero-order valence-electron chi connectivity index (χ0n) is 15.1. The van der Waals surface area contributed by atoms with Crippen LogP contribution in [0.4, 0.5) is 5.69 Å². The molecule has 26 heavy (non-hydrogen) atoms. The Labute approximate surface area is 153 Å². The van der Waals surface area contributed by atoms with Crippen LogP contribution in [0, 0.1) is 0 Å². The second kappa shape index (κ2) is 9.58. The SMILES string of the molecule is CC(C)c1ccc(OCC(=O)Nc2ccccc2C(=O)NCCN)cc1. The van der Waals surface area contributed by atoms with Crippen molar-refractivity contribution < 1.29 is 14.3 Å². The van der Waals surface area contributed by atoms with Gasteiger partial charge in [0.1, 0.15) is 5.75 Å². The van der Waals surface area contributed by atoms with Crippen LogP contribution < -0.4 is 21.1 Å². The lowest BCUT2D eigenvalue weighted by Crippen LogP contribution is -2.30. The van der Waals surface area contributed by atoms with Crippen molar-refractivity contribution in [2.75, 3.05) is 25.0 Å². The Bertz CT molecular complexity index is 742. The number of carbonyl (C=O) groups excluding carboxylic acids is 2. The first-order valence-electron chi connectivity index (χ1n) is 8.61. The quantitative estimate of drug-likeness (QED) is 0.678. The lowest BCUT2D eigenvalue weighted by molar-refractivity contribution is -0.118. The molecule has 0 aliphatic heterocycles. The second-order valence-electron chi connectivity index (χ2n) is 6.15. The molecule has 0 bridgehead atoms. The number of para-hydroxylation sites is 1. The average molecular weight is 355 g/mol. The molecule has 2 amide bonds. The number of benzene rings is 2. The van der Waals surface area contributed by atoms with E-state index in [1.165, 1.54) is 5.56 Å². The molecule has 0 spiro atoms. The fourth-order valence-corrected chi connectivity index (χ4v) is 2.36. The number of amides is 2. The molecule has 0 radical (unpaired) electrons. The van der Waals surface area contributed by atoms with Crippen LogP contribution in [-0.4, -0.2) is 31.5 Å². The van der Waals surface area contributed by atoms with Crippen molar-refractivity contribution in [3.05, 3.63) is 59.7 Å². The Morgan fingerprint density at radius 3 is 2.42 bits per heavy atom. The summed E-state index contributed by atoms with van der Waals surface area (Å²) in [5.41, 5.74) is 7.42. The molecule has 138 valence electrons. The second-order valence-corrected chi connectivity index (χ2v) is 6.15. The summed E-state index contributed by atoms with van der Waals surface area (Å²) in [6.45, 7) is 4.81. The van der Waals surface area contributed by atoms with E-state index in [-0.39, 0.29) is 18.4 Å². The van der Waals surface area contributed by atoms with Crippen LogP contribution in [-0.2, 0) is 4.79 Å². The molecule has 0 aliphatic rings. The first-order valence-corrected chi connectivity index (χ1v) is 8.61. The molecule has 2 aromatic carbocycles. The molecule has 6 heteroatoms. The van der Waals surface area contributed by atoms with Gasteiger partial charge >= 0.3 is 0 Å². The number of carbonyl (C=O) groups is 2. The zero-order valence-corrected chi connectivity index (χ0v) is 15.1. The van der Waals surface area contributed by atoms with E-state index in [9.17, 15) is 9.59 Å². The van der Waals surface area contributed by atoms with Gasteiger partial charge < -0.3 is 21.1 Å². The first-order chi connectivity index (χ1) is 12.5. The molecular formula is C20H25N3O3. The predicted molar refractivity (Wildman–Crippen MR) is 102 cm³/mol. The zero-order chi connectivity index (χ0) is 18.9. The van der Waals surface area contributed by atoms with Gasteiger partial charge in [-0.15, -0.1) is 0 Å². The Kier molecular flexibility index (Phi) is 7.17. The predicted octanol–water partition coefficient (Wildman–Crippen LogP) is 2.52. The highest BCUT2D eigenvalue weighted by atomic mass is 16.5. The average Bonchev–Trinajstić information content (AvgIpc) is 2.65. The van der Waals surface area contributed by atoms with Gasteiger partial charge in [0.05, 0.1) is 11.3 Å². The third-order valence-electron chi connectivity index (χ3n) is 3.79. The summed E-state index contributed by atoms with van der Waals surface area (Å²) >= 11 is 0. The summed E-state index contributed by atoms with van der Waals surface area (Å²) in [6.07, 6.45) is 0. The molecular weight excluding hydrogens is 330 g/mol. The van der Waals surface area contributed by atoms with Crippen LogP contribution in [0.2, 0.25) is 0 Å². The maximum atomic E-state index is 12.2. The van der Waals surface area contributed by atoms with Crippen molar-refractivity contribution >= 4 is 17.5 Å². The lowest BCUT2D eigenvalue weighted by Gasteiger charge is -2.12. The van der Waals surface area contributed by atoms with Gasteiger partial charge in [-0.3, -0.25) is 9.59 Å². The van der Waals surface area contributed by atoms with Crippen molar-refractivity contribution in [3.8, 4) is 5.75 Å². The van der Waals surface area contributed by atoms with Gasteiger partial charge in [-0.05, 0) is 35.7 Å². The van der Waals surface area contributed by atoms with Crippen LogP contribution in [0.3, 0.4) is 0 Å². The summed E-state index contributed by atoms with van der Waals surface area (Å²) in [7, 11) is 0. The smallest absolute Gasteiger partial charge is 0.262 e. The van der Waals surface area contributed by atoms with Crippen LogP contribution in [0.1, 0.15) is 35.7 Å². The Morgan fingerprint density at radius 2 is 1.77 bits per heavy atom. The van der Waals surface area contributed by atoms with Crippen molar-refractivity contribution in [1.29, 1.82) is 0 Å². The van der Waals surface area contributed by atoms with Crippen LogP contribution in [0.25, 0.3) is 0 Å². The minimum atomic E-state index is -0.336. The van der Waals surface area contributed by atoms with Gasteiger partial charge in [0.15, 0.2) is 6.61 Å². The van der Waals surface area contributed by atoms with E-state index in [0.717, 1.165) is 0 Å². The third-order valence-corrected chi connectivity index (χ3v) is 3.79. The molecule has 0 saturated carbocycles. The lowest BCUT2D eigenvalue weighted by atomic mass is 10.0. The maximum absolute atomic E-state index is 12.2. The number of hydrogen-bond donors (Lipinski definition) is 3. The minimum Gasteiger partial charge on any atom is -0.484 e. The number of nitrogens with two attached hydrogens (primary N) is 1. The van der Waals surface area contributed by atoms with E-state index >= 15 is 0 Å².